The zero-order valence-electron chi connectivity index (χ0n) is 21.4. The predicted octanol–water partition coefficient (Wildman–Crippen LogP) is 7.02. The summed E-state index contributed by atoms with van der Waals surface area (Å²) in [6.45, 7) is 22.1. The van der Waals surface area contributed by atoms with Crippen molar-refractivity contribution >= 4 is 14.3 Å². The normalized spacial score (nSPS) is 18.2. The Morgan fingerprint density at radius 3 is 2.19 bits per heavy atom. The number of benzene rings is 2. The van der Waals surface area contributed by atoms with Crippen LogP contribution in [0.25, 0.3) is 0 Å². The number of hydrogen-bond donors (Lipinski definition) is 0. The first kappa shape index (κ1) is 24.4. The van der Waals surface area contributed by atoms with Crippen LogP contribution in [0.1, 0.15) is 72.8 Å². The minimum absolute atomic E-state index is 0.129. The molecule has 0 N–H and O–H groups in total. The van der Waals surface area contributed by atoms with E-state index in [1.54, 1.807) is 0 Å². The van der Waals surface area contributed by atoms with Gasteiger partial charge in [-0.3, -0.25) is 0 Å². The van der Waals surface area contributed by atoms with Gasteiger partial charge in [0.1, 0.15) is 17.1 Å². The first-order valence-corrected chi connectivity index (χ1v) is 14.4. The van der Waals surface area contributed by atoms with E-state index in [1.807, 2.05) is 31.2 Å². The first-order chi connectivity index (χ1) is 14.7. The molecule has 32 heavy (non-hydrogen) atoms. The lowest BCUT2D eigenvalue weighted by atomic mass is 9.88. The average Bonchev–Trinajstić information content (AvgIpc) is 3.08. The van der Waals surface area contributed by atoms with E-state index in [4.69, 9.17) is 13.9 Å². The van der Waals surface area contributed by atoms with Crippen molar-refractivity contribution in [1.29, 1.82) is 0 Å². The highest BCUT2D eigenvalue weighted by Crippen LogP contribution is 2.50. The molecule has 1 aliphatic heterocycles. The summed E-state index contributed by atoms with van der Waals surface area (Å²) >= 11 is 0. The molecule has 5 heteroatoms. The Bertz CT molecular complexity index is 1030. The van der Waals surface area contributed by atoms with Gasteiger partial charge in [-0.1, -0.05) is 32.9 Å². The monoisotopic (exact) mass is 454 g/mol. The van der Waals surface area contributed by atoms with Crippen LogP contribution >= 0.6 is 0 Å². The molecule has 2 aromatic rings. The number of esters is 1. The van der Waals surface area contributed by atoms with Crippen molar-refractivity contribution in [2.45, 2.75) is 85.5 Å². The molecule has 0 aliphatic carbocycles. The van der Waals surface area contributed by atoms with Crippen LogP contribution < -0.4 is 9.16 Å². The fraction of sp³-hybridized carbons (Fsp3) is 0.519. The Labute approximate surface area is 194 Å². The Morgan fingerprint density at radius 1 is 1.06 bits per heavy atom. The summed E-state index contributed by atoms with van der Waals surface area (Å²) < 4.78 is 18.5. The van der Waals surface area contributed by atoms with Gasteiger partial charge in [-0.25, -0.2) is 4.79 Å². The molecule has 1 atom stereocenters. The molecule has 1 aliphatic rings. The Morgan fingerprint density at radius 2 is 1.66 bits per heavy atom. The number of hydrogen-bond acceptors (Lipinski definition) is 4. The molecule has 0 fully saturated rings. The van der Waals surface area contributed by atoms with Crippen LogP contribution in [0.2, 0.25) is 18.1 Å². The average molecular weight is 455 g/mol. The minimum atomic E-state index is -1.97. The van der Waals surface area contributed by atoms with Crippen LogP contribution in [-0.4, -0.2) is 20.9 Å². The molecule has 2 aromatic carbocycles. The third-order valence-corrected chi connectivity index (χ3v) is 11.6. The van der Waals surface area contributed by atoms with Gasteiger partial charge in [0.05, 0.1) is 12.2 Å². The van der Waals surface area contributed by atoms with E-state index in [1.165, 1.54) is 11.1 Å². The van der Waals surface area contributed by atoms with Crippen LogP contribution in [0, 0.1) is 20.8 Å². The van der Waals surface area contributed by atoms with Gasteiger partial charge < -0.3 is 13.9 Å². The molecule has 3 rings (SSSR count). The van der Waals surface area contributed by atoms with E-state index in [-0.39, 0.29) is 11.0 Å². The van der Waals surface area contributed by atoms with Gasteiger partial charge in [0.15, 0.2) is 0 Å². The lowest BCUT2D eigenvalue weighted by Crippen LogP contribution is -2.44. The number of rotatable bonds is 5. The second-order valence-electron chi connectivity index (χ2n) is 10.7. The van der Waals surface area contributed by atoms with Gasteiger partial charge in [-0.05, 0) is 87.1 Å². The molecule has 0 bridgehead atoms. The van der Waals surface area contributed by atoms with Gasteiger partial charge in [-0.2, -0.15) is 0 Å². The molecule has 1 unspecified atom stereocenters. The van der Waals surface area contributed by atoms with Crippen molar-refractivity contribution in [3.8, 4) is 11.5 Å². The fourth-order valence-corrected chi connectivity index (χ4v) is 5.12. The summed E-state index contributed by atoms with van der Waals surface area (Å²) in [7, 11) is -1.97. The Kier molecular flexibility index (Phi) is 6.29. The standard InChI is InChI=1S/C27H38O4Si/c1-11-29-25(28)20-12-14-21(15-13-20)27(8)16-22-19(4)23(17(2)18(3)24(22)30-27)31-32(9,10)26(5,6)7/h12-15H,11,16H2,1-10H3. The molecule has 0 amide bonds. The maximum absolute atomic E-state index is 12.0. The minimum Gasteiger partial charge on any atom is -0.543 e. The van der Waals surface area contributed by atoms with Gasteiger partial charge >= 0.3 is 5.97 Å². The highest BCUT2D eigenvalue weighted by Gasteiger charge is 2.43. The zero-order chi connectivity index (χ0) is 24.1. The van der Waals surface area contributed by atoms with Gasteiger partial charge in [-0.15, -0.1) is 0 Å². The van der Waals surface area contributed by atoms with Crippen LogP contribution in [0.4, 0.5) is 0 Å². The Balaban J connectivity index is 1.98. The highest BCUT2D eigenvalue weighted by molar-refractivity contribution is 6.74. The summed E-state index contributed by atoms with van der Waals surface area (Å²) in [5.74, 6) is 1.70. The summed E-state index contributed by atoms with van der Waals surface area (Å²) in [4.78, 5) is 12.0. The van der Waals surface area contributed by atoms with Gasteiger partial charge in [0.2, 0.25) is 0 Å². The quantitative estimate of drug-likeness (QED) is 0.359. The molecule has 4 nitrogen and oxygen atoms in total. The second-order valence-corrected chi connectivity index (χ2v) is 15.4. The van der Waals surface area contributed by atoms with E-state index in [0.29, 0.717) is 12.2 Å². The summed E-state index contributed by atoms with van der Waals surface area (Å²) in [6, 6.07) is 7.59. The lowest BCUT2D eigenvalue weighted by Gasteiger charge is -2.38. The van der Waals surface area contributed by atoms with Crippen LogP contribution in [0.5, 0.6) is 11.5 Å². The van der Waals surface area contributed by atoms with E-state index in [9.17, 15) is 4.79 Å². The van der Waals surface area contributed by atoms with Crippen molar-refractivity contribution in [3.05, 3.63) is 57.6 Å². The first-order valence-electron chi connectivity index (χ1n) is 11.5. The van der Waals surface area contributed by atoms with Crippen molar-refractivity contribution in [2.75, 3.05) is 6.61 Å². The summed E-state index contributed by atoms with van der Waals surface area (Å²) in [6.07, 6.45) is 0.766. The topological polar surface area (TPSA) is 44.8 Å². The number of carbonyl (C=O) groups excluding carboxylic acids is 1. The molecule has 1 heterocycles. The number of carbonyl (C=O) groups is 1. The zero-order valence-corrected chi connectivity index (χ0v) is 22.4. The fourth-order valence-electron chi connectivity index (χ4n) is 4.00. The molecular weight excluding hydrogens is 416 g/mol. The third-order valence-electron chi connectivity index (χ3n) is 7.32. The van der Waals surface area contributed by atoms with Crippen molar-refractivity contribution in [2.24, 2.45) is 0 Å². The summed E-state index contributed by atoms with van der Waals surface area (Å²) in [5, 5.41) is 0.129. The maximum Gasteiger partial charge on any atom is 0.338 e. The number of ether oxygens (including phenoxy) is 2. The van der Waals surface area contributed by atoms with Crippen molar-refractivity contribution in [1.82, 2.24) is 0 Å². The van der Waals surface area contributed by atoms with Crippen LogP contribution in [0.3, 0.4) is 0 Å². The van der Waals surface area contributed by atoms with Gasteiger partial charge in [0, 0.05) is 12.0 Å². The van der Waals surface area contributed by atoms with E-state index in [2.05, 4.69) is 61.6 Å². The summed E-state index contributed by atoms with van der Waals surface area (Å²) in [5.41, 5.74) is 5.82. The third kappa shape index (κ3) is 4.19. The van der Waals surface area contributed by atoms with Crippen LogP contribution in [-0.2, 0) is 16.8 Å². The Hall–Kier alpha value is -2.27. The molecule has 0 radical (unpaired) electrons. The lowest BCUT2D eigenvalue weighted by molar-refractivity contribution is 0.0526. The van der Waals surface area contributed by atoms with Crippen molar-refractivity contribution < 1.29 is 18.7 Å². The molecule has 174 valence electrons. The van der Waals surface area contributed by atoms with Crippen molar-refractivity contribution in [3.63, 3.8) is 0 Å². The second kappa shape index (κ2) is 8.25. The molecule has 0 saturated carbocycles. The number of fused-ring (bicyclic) bond motifs is 1. The predicted molar refractivity (Wildman–Crippen MR) is 133 cm³/mol. The largest absolute Gasteiger partial charge is 0.543 e. The van der Waals surface area contributed by atoms with Gasteiger partial charge in [0.25, 0.3) is 8.32 Å². The maximum atomic E-state index is 12.0. The van der Waals surface area contributed by atoms with E-state index < -0.39 is 13.9 Å². The SMILES string of the molecule is CCOC(=O)c1ccc(C2(C)Cc3c(C)c(O[Si](C)(C)C(C)(C)C)c(C)c(C)c3O2)cc1. The van der Waals surface area contributed by atoms with E-state index in [0.717, 1.165) is 34.6 Å². The smallest absolute Gasteiger partial charge is 0.338 e. The highest BCUT2D eigenvalue weighted by atomic mass is 28.4. The molecular formula is C27H38O4Si. The van der Waals surface area contributed by atoms with Crippen LogP contribution in [0.15, 0.2) is 24.3 Å². The molecule has 0 aromatic heterocycles. The molecule has 0 spiro atoms. The molecule has 0 saturated heterocycles. The van der Waals surface area contributed by atoms with E-state index >= 15 is 0 Å².